The van der Waals surface area contributed by atoms with E-state index in [9.17, 15) is 8.78 Å². The van der Waals surface area contributed by atoms with E-state index in [-0.39, 0.29) is 0 Å². The summed E-state index contributed by atoms with van der Waals surface area (Å²) in [6, 6.07) is 4.54. The van der Waals surface area contributed by atoms with Gasteiger partial charge in [0.05, 0.1) is 5.75 Å². The molecule has 9 heteroatoms. The molecule has 4 rings (SSSR count). The van der Waals surface area contributed by atoms with Crippen LogP contribution >= 0.6 is 23.1 Å². The van der Waals surface area contributed by atoms with Crippen molar-refractivity contribution in [1.29, 1.82) is 0 Å². The first-order valence-electron chi connectivity index (χ1n) is 9.11. The highest BCUT2D eigenvalue weighted by Gasteiger charge is 2.24. The first-order valence-corrected chi connectivity index (χ1v) is 11.0. The summed E-state index contributed by atoms with van der Waals surface area (Å²) >= 11 is 3.15. The van der Waals surface area contributed by atoms with E-state index in [2.05, 4.69) is 31.2 Å². The summed E-state index contributed by atoms with van der Waals surface area (Å²) in [5, 5.41) is 11.7. The first kappa shape index (κ1) is 18.6. The van der Waals surface area contributed by atoms with E-state index in [1.165, 1.54) is 48.3 Å². The molecule has 0 aliphatic heterocycles. The predicted octanol–water partition coefficient (Wildman–Crippen LogP) is 5.32. The van der Waals surface area contributed by atoms with E-state index in [1.54, 1.807) is 11.3 Å². The highest BCUT2D eigenvalue weighted by Crippen LogP contribution is 2.34. The molecular weight excluding hydrogens is 388 g/mol. The molecule has 1 aliphatic carbocycles. The fourth-order valence-corrected chi connectivity index (χ4v) is 5.24. The SMILES string of the molecule is FC(F)n1ccnc1CSc1nnc(Cc2cccs2)n1C1CCCCC1. The van der Waals surface area contributed by atoms with Crippen LogP contribution in [-0.4, -0.2) is 24.3 Å². The van der Waals surface area contributed by atoms with Crippen molar-refractivity contribution in [2.75, 3.05) is 0 Å². The van der Waals surface area contributed by atoms with Crippen molar-refractivity contribution in [3.8, 4) is 0 Å². The number of hydrogen-bond donors (Lipinski definition) is 0. The van der Waals surface area contributed by atoms with E-state index < -0.39 is 6.55 Å². The summed E-state index contributed by atoms with van der Waals surface area (Å²) in [5.41, 5.74) is 0. The monoisotopic (exact) mass is 409 g/mol. The number of aromatic nitrogens is 5. The number of halogens is 2. The van der Waals surface area contributed by atoms with Crippen molar-refractivity contribution in [3.63, 3.8) is 0 Å². The van der Waals surface area contributed by atoms with E-state index >= 15 is 0 Å². The van der Waals surface area contributed by atoms with Crippen molar-refractivity contribution < 1.29 is 8.78 Å². The van der Waals surface area contributed by atoms with Gasteiger partial charge in [0.2, 0.25) is 0 Å². The Kier molecular flexibility index (Phi) is 5.87. The smallest absolute Gasteiger partial charge is 0.303 e. The molecular formula is C18H21F2N5S2. The number of hydrogen-bond acceptors (Lipinski definition) is 5. The van der Waals surface area contributed by atoms with Gasteiger partial charge in [-0.2, -0.15) is 8.78 Å². The molecule has 3 aromatic rings. The van der Waals surface area contributed by atoms with Gasteiger partial charge in [-0.25, -0.2) is 4.98 Å². The minimum absolute atomic E-state index is 0.348. The van der Waals surface area contributed by atoms with Crippen LogP contribution in [-0.2, 0) is 12.2 Å². The lowest BCUT2D eigenvalue weighted by molar-refractivity contribution is 0.0678. The van der Waals surface area contributed by atoms with Gasteiger partial charge in [-0.3, -0.25) is 4.57 Å². The van der Waals surface area contributed by atoms with E-state index in [0.29, 0.717) is 17.6 Å². The summed E-state index contributed by atoms with van der Waals surface area (Å²) in [7, 11) is 0. The normalized spacial score (nSPS) is 15.7. The third-order valence-corrected chi connectivity index (χ3v) is 6.69. The zero-order chi connectivity index (χ0) is 18.6. The number of nitrogens with zero attached hydrogens (tertiary/aromatic N) is 5. The Hall–Kier alpha value is -1.74. The van der Waals surface area contributed by atoms with Crippen molar-refractivity contribution >= 4 is 23.1 Å². The van der Waals surface area contributed by atoms with Crippen LogP contribution in [0.3, 0.4) is 0 Å². The lowest BCUT2D eigenvalue weighted by atomic mass is 9.95. The fraction of sp³-hybridized carbons (Fsp3) is 0.500. The molecule has 0 unspecified atom stereocenters. The second-order valence-corrected chi connectivity index (χ2v) is 8.61. The van der Waals surface area contributed by atoms with Crippen LogP contribution in [0.25, 0.3) is 0 Å². The Labute approximate surface area is 164 Å². The van der Waals surface area contributed by atoms with Gasteiger partial charge in [-0.1, -0.05) is 37.1 Å². The summed E-state index contributed by atoms with van der Waals surface area (Å²) in [5.74, 6) is 1.67. The molecule has 3 aromatic heterocycles. The third kappa shape index (κ3) is 4.24. The molecule has 1 saturated carbocycles. The van der Waals surface area contributed by atoms with Crippen LogP contribution in [0.15, 0.2) is 35.1 Å². The Bertz CT molecular complexity index is 853. The average molecular weight is 410 g/mol. The Morgan fingerprint density at radius 2 is 2.04 bits per heavy atom. The molecule has 0 radical (unpaired) electrons. The maximum atomic E-state index is 13.1. The lowest BCUT2D eigenvalue weighted by Gasteiger charge is -2.25. The second kappa shape index (κ2) is 8.52. The van der Waals surface area contributed by atoms with E-state index in [4.69, 9.17) is 0 Å². The van der Waals surface area contributed by atoms with Crippen molar-refractivity contribution in [1.82, 2.24) is 24.3 Å². The van der Waals surface area contributed by atoms with Gasteiger partial charge in [0, 0.05) is 29.7 Å². The van der Waals surface area contributed by atoms with Gasteiger partial charge in [-0.05, 0) is 24.3 Å². The molecule has 144 valence electrons. The Morgan fingerprint density at radius 1 is 1.19 bits per heavy atom. The highest BCUT2D eigenvalue weighted by molar-refractivity contribution is 7.98. The van der Waals surface area contributed by atoms with Gasteiger partial charge in [0.15, 0.2) is 5.16 Å². The van der Waals surface area contributed by atoms with Gasteiger partial charge in [0.25, 0.3) is 0 Å². The Morgan fingerprint density at radius 3 is 2.78 bits per heavy atom. The molecule has 0 N–H and O–H groups in total. The number of imidazole rings is 1. The molecule has 3 heterocycles. The molecule has 0 saturated heterocycles. The van der Waals surface area contributed by atoms with Gasteiger partial charge < -0.3 is 4.57 Å². The molecule has 0 aromatic carbocycles. The van der Waals surface area contributed by atoms with E-state index in [1.807, 2.05) is 6.07 Å². The van der Waals surface area contributed by atoms with Crippen LogP contribution in [0.4, 0.5) is 8.78 Å². The lowest BCUT2D eigenvalue weighted by Crippen LogP contribution is -2.17. The zero-order valence-corrected chi connectivity index (χ0v) is 16.4. The standard InChI is InChI=1S/C18H21F2N5S2/c19-17(20)24-9-8-21-16(24)12-27-18-23-22-15(11-14-7-4-10-26-14)25(18)13-5-2-1-3-6-13/h4,7-10,13,17H,1-3,5-6,11-12H2. The van der Waals surface area contributed by atoms with Gasteiger partial charge in [0.1, 0.15) is 11.6 Å². The second-order valence-electron chi connectivity index (χ2n) is 6.63. The molecule has 0 spiro atoms. The number of thioether (sulfide) groups is 1. The van der Waals surface area contributed by atoms with Crippen molar-refractivity contribution in [2.24, 2.45) is 0 Å². The summed E-state index contributed by atoms with van der Waals surface area (Å²) in [6.07, 6.45) is 9.41. The molecule has 0 bridgehead atoms. The zero-order valence-electron chi connectivity index (χ0n) is 14.8. The maximum absolute atomic E-state index is 13.1. The predicted molar refractivity (Wildman–Crippen MR) is 102 cm³/mol. The quantitative estimate of drug-likeness (QED) is 0.496. The minimum Gasteiger partial charge on any atom is -0.303 e. The summed E-state index contributed by atoms with van der Waals surface area (Å²) in [4.78, 5) is 5.32. The highest BCUT2D eigenvalue weighted by atomic mass is 32.2. The minimum atomic E-state index is -2.58. The van der Waals surface area contributed by atoms with E-state index in [0.717, 1.165) is 34.8 Å². The molecule has 1 aliphatic rings. The summed E-state index contributed by atoms with van der Waals surface area (Å²) in [6.45, 7) is -2.58. The molecule has 0 atom stereocenters. The van der Waals surface area contributed by atoms with Crippen LogP contribution in [0.1, 0.15) is 61.2 Å². The Balaban J connectivity index is 1.57. The number of thiophene rings is 1. The van der Waals surface area contributed by atoms with Crippen LogP contribution in [0.2, 0.25) is 0 Å². The number of rotatable bonds is 7. The van der Waals surface area contributed by atoms with Crippen LogP contribution in [0.5, 0.6) is 0 Å². The molecule has 5 nitrogen and oxygen atoms in total. The summed E-state index contributed by atoms with van der Waals surface area (Å²) < 4.78 is 29.3. The fourth-order valence-electron chi connectivity index (χ4n) is 3.56. The molecule has 27 heavy (non-hydrogen) atoms. The van der Waals surface area contributed by atoms with Crippen LogP contribution < -0.4 is 0 Å². The number of alkyl halides is 2. The van der Waals surface area contributed by atoms with Crippen molar-refractivity contribution in [2.45, 2.75) is 62.0 Å². The first-order chi connectivity index (χ1) is 13.2. The van der Waals surface area contributed by atoms with Gasteiger partial charge in [-0.15, -0.1) is 21.5 Å². The largest absolute Gasteiger partial charge is 0.319 e. The maximum Gasteiger partial charge on any atom is 0.319 e. The third-order valence-electron chi connectivity index (χ3n) is 4.88. The average Bonchev–Trinajstić information content (AvgIpc) is 3.42. The molecule has 1 fully saturated rings. The van der Waals surface area contributed by atoms with Gasteiger partial charge >= 0.3 is 6.55 Å². The topological polar surface area (TPSA) is 48.5 Å². The van der Waals surface area contributed by atoms with Crippen molar-refractivity contribution in [3.05, 3.63) is 46.4 Å². The molecule has 0 amide bonds. The van der Waals surface area contributed by atoms with Crippen LogP contribution in [0, 0.1) is 0 Å².